The Labute approximate surface area is 202 Å². The summed E-state index contributed by atoms with van der Waals surface area (Å²) in [4.78, 5) is 32.3. The van der Waals surface area contributed by atoms with E-state index in [0.29, 0.717) is 17.5 Å². The van der Waals surface area contributed by atoms with Crippen LogP contribution in [0.1, 0.15) is 35.4 Å². The molecule has 1 aliphatic rings. The standard InChI is InChI=1S/C25H29N3O3S2/c1-31-21-8-6-18(7-9-21)4-5-19-10-12-28(13-11-19)24(30)15-20-17-33-25(26-20)27-23(29)16-22-3-2-14-32-22/h2-3,6-9,14,17,19H,4-5,10-13,15-16H2,1H3,(H,26,27,29). The number of carbonyl (C=O) groups is 2. The second kappa shape index (κ2) is 11.4. The van der Waals surface area contributed by atoms with E-state index in [2.05, 4.69) is 22.4 Å². The first kappa shape index (κ1) is 23.4. The monoisotopic (exact) mass is 483 g/mol. The third kappa shape index (κ3) is 6.88. The maximum Gasteiger partial charge on any atom is 0.231 e. The molecule has 1 N–H and O–H groups in total. The summed E-state index contributed by atoms with van der Waals surface area (Å²) in [7, 11) is 1.68. The van der Waals surface area contributed by atoms with Crippen LogP contribution in [0, 0.1) is 5.92 Å². The van der Waals surface area contributed by atoms with Crippen LogP contribution in [0.25, 0.3) is 0 Å². The van der Waals surface area contributed by atoms with Crippen LogP contribution < -0.4 is 10.1 Å². The zero-order chi connectivity index (χ0) is 23.0. The van der Waals surface area contributed by atoms with E-state index >= 15 is 0 Å². The quantitative estimate of drug-likeness (QED) is 0.474. The van der Waals surface area contributed by atoms with E-state index in [-0.39, 0.29) is 18.2 Å². The number of piperidine rings is 1. The van der Waals surface area contributed by atoms with E-state index in [1.165, 1.54) is 16.9 Å². The number of benzene rings is 1. The molecule has 0 saturated carbocycles. The molecule has 0 aliphatic carbocycles. The van der Waals surface area contributed by atoms with Gasteiger partial charge in [0, 0.05) is 23.3 Å². The van der Waals surface area contributed by atoms with Crippen LogP contribution in [0.2, 0.25) is 0 Å². The maximum atomic E-state index is 12.7. The Morgan fingerprint density at radius 1 is 1.12 bits per heavy atom. The molecule has 6 nitrogen and oxygen atoms in total. The number of hydrogen-bond donors (Lipinski definition) is 1. The van der Waals surface area contributed by atoms with Crippen LogP contribution in [-0.2, 0) is 28.9 Å². The van der Waals surface area contributed by atoms with Crippen LogP contribution in [0.3, 0.4) is 0 Å². The minimum atomic E-state index is -0.0820. The fraction of sp³-hybridized carbons (Fsp3) is 0.400. The number of carbonyl (C=O) groups excluding carboxylic acids is 2. The van der Waals surface area contributed by atoms with Crippen molar-refractivity contribution in [2.45, 2.75) is 38.5 Å². The number of thiazole rings is 1. The molecule has 8 heteroatoms. The minimum Gasteiger partial charge on any atom is -0.497 e. The lowest BCUT2D eigenvalue weighted by Crippen LogP contribution is -2.39. The molecular weight excluding hydrogens is 454 g/mol. The number of thiophene rings is 1. The third-order valence-corrected chi connectivity index (χ3v) is 7.70. The molecule has 2 aromatic heterocycles. The molecule has 4 rings (SSSR count). The average molecular weight is 484 g/mol. The normalized spacial score (nSPS) is 14.3. The number of aryl methyl sites for hydroxylation is 1. The molecule has 1 aliphatic heterocycles. The molecular formula is C25H29N3O3S2. The van der Waals surface area contributed by atoms with Gasteiger partial charge in [-0.05, 0) is 60.7 Å². The molecule has 1 saturated heterocycles. The fourth-order valence-corrected chi connectivity index (χ4v) is 5.51. The zero-order valence-corrected chi connectivity index (χ0v) is 20.4. The summed E-state index contributed by atoms with van der Waals surface area (Å²) >= 11 is 2.93. The van der Waals surface area contributed by atoms with Gasteiger partial charge in [0.2, 0.25) is 11.8 Å². The number of hydrogen-bond acceptors (Lipinski definition) is 6. The Morgan fingerprint density at radius 2 is 1.91 bits per heavy atom. The SMILES string of the molecule is COc1ccc(CCC2CCN(C(=O)Cc3csc(NC(=O)Cc4cccs4)n3)CC2)cc1. The van der Waals surface area contributed by atoms with E-state index in [4.69, 9.17) is 4.74 Å². The summed E-state index contributed by atoms with van der Waals surface area (Å²) in [6, 6.07) is 12.2. The van der Waals surface area contributed by atoms with E-state index in [0.717, 1.165) is 55.1 Å². The Balaban J connectivity index is 1.18. The highest BCUT2D eigenvalue weighted by molar-refractivity contribution is 7.14. The summed E-state index contributed by atoms with van der Waals surface area (Å²) < 4.78 is 5.22. The molecule has 0 bridgehead atoms. The first-order chi connectivity index (χ1) is 16.1. The van der Waals surface area contributed by atoms with E-state index < -0.39 is 0 Å². The summed E-state index contributed by atoms with van der Waals surface area (Å²) in [6.07, 6.45) is 4.93. The van der Waals surface area contributed by atoms with Crippen LogP contribution in [0.5, 0.6) is 5.75 Å². The Kier molecular flexibility index (Phi) is 8.12. The number of methoxy groups -OCH3 is 1. The van der Waals surface area contributed by atoms with Gasteiger partial charge in [-0.25, -0.2) is 4.98 Å². The molecule has 0 radical (unpaired) electrons. The third-order valence-electron chi connectivity index (χ3n) is 6.01. The summed E-state index contributed by atoms with van der Waals surface area (Å²) in [5.74, 6) is 1.57. The first-order valence-electron chi connectivity index (χ1n) is 11.3. The largest absolute Gasteiger partial charge is 0.497 e. The number of anilines is 1. The smallest absolute Gasteiger partial charge is 0.231 e. The maximum absolute atomic E-state index is 12.7. The van der Waals surface area contributed by atoms with Gasteiger partial charge in [-0.3, -0.25) is 9.59 Å². The van der Waals surface area contributed by atoms with Crippen molar-refractivity contribution in [3.05, 3.63) is 63.3 Å². The Bertz CT molecular complexity index is 1040. The lowest BCUT2D eigenvalue weighted by Gasteiger charge is -2.32. The number of amides is 2. The van der Waals surface area contributed by atoms with Crippen LogP contribution in [-0.4, -0.2) is 41.9 Å². The molecule has 3 heterocycles. The second-order valence-electron chi connectivity index (χ2n) is 8.34. The van der Waals surface area contributed by atoms with Gasteiger partial charge in [0.15, 0.2) is 5.13 Å². The van der Waals surface area contributed by atoms with Crippen molar-refractivity contribution >= 4 is 39.6 Å². The van der Waals surface area contributed by atoms with E-state index in [1.54, 1.807) is 18.4 Å². The zero-order valence-electron chi connectivity index (χ0n) is 18.8. The van der Waals surface area contributed by atoms with Gasteiger partial charge < -0.3 is 15.0 Å². The molecule has 0 spiro atoms. The van der Waals surface area contributed by atoms with Gasteiger partial charge in [0.25, 0.3) is 0 Å². The van der Waals surface area contributed by atoms with E-state index in [9.17, 15) is 9.59 Å². The number of ether oxygens (including phenoxy) is 1. The second-order valence-corrected chi connectivity index (χ2v) is 10.2. The van der Waals surface area contributed by atoms with Crippen molar-refractivity contribution in [3.63, 3.8) is 0 Å². The van der Waals surface area contributed by atoms with Gasteiger partial charge in [-0.2, -0.15) is 0 Å². The summed E-state index contributed by atoms with van der Waals surface area (Å²) in [5.41, 5.74) is 2.05. The predicted octanol–water partition coefficient (Wildman–Crippen LogP) is 4.81. The lowest BCUT2D eigenvalue weighted by atomic mass is 9.90. The minimum absolute atomic E-state index is 0.0820. The highest BCUT2D eigenvalue weighted by atomic mass is 32.1. The van der Waals surface area contributed by atoms with Gasteiger partial charge >= 0.3 is 0 Å². The average Bonchev–Trinajstić information content (AvgIpc) is 3.50. The molecule has 2 amide bonds. The van der Waals surface area contributed by atoms with Gasteiger partial charge in [-0.15, -0.1) is 22.7 Å². The van der Waals surface area contributed by atoms with Crippen molar-refractivity contribution in [2.24, 2.45) is 5.92 Å². The van der Waals surface area contributed by atoms with Crippen molar-refractivity contribution < 1.29 is 14.3 Å². The lowest BCUT2D eigenvalue weighted by molar-refractivity contribution is -0.131. The van der Waals surface area contributed by atoms with Crippen molar-refractivity contribution in [1.82, 2.24) is 9.88 Å². The van der Waals surface area contributed by atoms with Crippen molar-refractivity contribution in [1.29, 1.82) is 0 Å². The van der Waals surface area contributed by atoms with Crippen molar-refractivity contribution in [2.75, 3.05) is 25.5 Å². The fourth-order valence-electron chi connectivity index (χ4n) is 4.08. The van der Waals surface area contributed by atoms with Gasteiger partial charge in [-0.1, -0.05) is 18.2 Å². The molecule has 1 aromatic carbocycles. The van der Waals surface area contributed by atoms with Crippen LogP contribution in [0.15, 0.2) is 47.2 Å². The highest BCUT2D eigenvalue weighted by Crippen LogP contribution is 2.24. The van der Waals surface area contributed by atoms with Crippen LogP contribution in [0.4, 0.5) is 5.13 Å². The predicted molar refractivity (Wildman–Crippen MR) is 133 cm³/mol. The number of likely N-dealkylation sites (tertiary alicyclic amines) is 1. The Morgan fingerprint density at radius 3 is 2.61 bits per heavy atom. The van der Waals surface area contributed by atoms with Gasteiger partial charge in [0.1, 0.15) is 5.75 Å². The van der Waals surface area contributed by atoms with E-state index in [1.807, 2.05) is 39.9 Å². The molecule has 174 valence electrons. The summed E-state index contributed by atoms with van der Waals surface area (Å²) in [5, 5.41) is 7.21. The molecule has 0 unspecified atom stereocenters. The summed E-state index contributed by atoms with van der Waals surface area (Å²) in [6.45, 7) is 1.61. The van der Waals surface area contributed by atoms with Gasteiger partial charge in [0.05, 0.1) is 25.6 Å². The topological polar surface area (TPSA) is 71.5 Å². The number of rotatable bonds is 9. The number of nitrogens with one attached hydrogen (secondary N) is 1. The highest BCUT2D eigenvalue weighted by Gasteiger charge is 2.23. The molecule has 0 atom stereocenters. The first-order valence-corrected chi connectivity index (χ1v) is 13.0. The molecule has 3 aromatic rings. The number of aromatic nitrogens is 1. The molecule has 1 fully saturated rings. The van der Waals surface area contributed by atoms with Crippen LogP contribution >= 0.6 is 22.7 Å². The Hall–Kier alpha value is -2.71. The molecule has 33 heavy (non-hydrogen) atoms. The van der Waals surface area contributed by atoms with Crippen molar-refractivity contribution in [3.8, 4) is 5.75 Å². The number of nitrogens with zero attached hydrogens (tertiary/aromatic N) is 2.